The van der Waals surface area contributed by atoms with Crippen LogP contribution in [0.5, 0.6) is 5.75 Å². The standard InChI is InChI=1S/C10H10N2O5S/c1-15-8-5-3-7(4-6-8)9-11-18(13,14)12-10(16-2)17-9/h3-6H,1-2H3. The van der Waals surface area contributed by atoms with Gasteiger partial charge >= 0.3 is 16.3 Å². The SMILES string of the molecule is COC1=NS(=O)(=O)N=C(c2ccc(OC)cc2)O1. The van der Waals surface area contributed by atoms with Gasteiger partial charge in [0.2, 0.25) is 5.90 Å². The molecule has 8 heteroatoms. The van der Waals surface area contributed by atoms with Crippen molar-refractivity contribution in [1.29, 1.82) is 0 Å². The van der Waals surface area contributed by atoms with Gasteiger partial charge in [0.05, 0.1) is 14.2 Å². The van der Waals surface area contributed by atoms with Crippen LogP contribution >= 0.6 is 0 Å². The molecule has 0 amide bonds. The number of methoxy groups -OCH3 is 2. The first-order chi connectivity index (χ1) is 8.54. The van der Waals surface area contributed by atoms with E-state index in [1.807, 2.05) is 0 Å². The van der Waals surface area contributed by atoms with Crippen molar-refractivity contribution < 1.29 is 22.6 Å². The van der Waals surface area contributed by atoms with Crippen LogP contribution in [0.2, 0.25) is 0 Å². The van der Waals surface area contributed by atoms with Crippen LogP contribution in [0.1, 0.15) is 5.56 Å². The number of rotatable bonds is 2. The third-order valence-corrected chi connectivity index (χ3v) is 2.86. The summed E-state index contributed by atoms with van der Waals surface area (Å²) in [5, 5.41) is 0. The molecule has 0 aromatic heterocycles. The highest BCUT2D eigenvalue weighted by Crippen LogP contribution is 2.16. The van der Waals surface area contributed by atoms with Gasteiger partial charge in [0.25, 0.3) is 0 Å². The maximum atomic E-state index is 11.4. The van der Waals surface area contributed by atoms with E-state index in [2.05, 4.69) is 13.5 Å². The molecular formula is C10H10N2O5S. The van der Waals surface area contributed by atoms with Gasteiger partial charge in [0, 0.05) is 5.56 Å². The van der Waals surface area contributed by atoms with Crippen molar-refractivity contribution in [1.82, 2.24) is 0 Å². The van der Waals surface area contributed by atoms with E-state index in [-0.39, 0.29) is 12.0 Å². The van der Waals surface area contributed by atoms with Gasteiger partial charge in [0.1, 0.15) is 5.75 Å². The molecule has 1 heterocycles. The largest absolute Gasteiger partial charge is 0.497 e. The lowest BCUT2D eigenvalue weighted by atomic mass is 10.2. The van der Waals surface area contributed by atoms with Gasteiger partial charge in [-0.15, -0.1) is 4.40 Å². The Kier molecular flexibility index (Phi) is 3.19. The molecule has 0 saturated carbocycles. The molecule has 0 saturated heterocycles. The van der Waals surface area contributed by atoms with Gasteiger partial charge in [-0.25, -0.2) is 0 Å². The van der Waals surface area contributed by atoms with Crippen molar-refractivity contribution in [2.24, 2.45) is 8.80 Å². The summed E-state index contributed by atoms with van der Waals surface area (Å²) in [7, 11) is -1.18. The van der Waals surface area contributed by atoms with Crippen molar-refractivity contribution in [3.05, 3.63) is 29.8 Å². The first-order valence-corrected chi connectivity index (χ1v) is 6.25. The van der Waals surface area contributed by atoms with E-state index < -0.39 is 10.2 Å². The third kappa shape index (κ3) is 2.59. The van der Waals surface area contributed by atoms with Crippen molar-refractivity contribution in [2.45, 2.75) is 0 Å². The first-order valence-electron chi connectivity index (χ1n) is 4.85. The summed E-state index contributed by atoms with van der Waals surface area (Å²) in [6.07, 6.45) is -0.365. The molecule has 1 aliphatic rings. The summed E-state index contributed by atoms with van der Waals surface area (Å²) in [6, 6.07) is 6.55. The Morgan fingerprint density at radius 2 is 1.72 bits per heavy atom. The first kappa shape index (κ1) is 12.4. The summed E-state index contributed by atoms with van der Waals surface area (Å²) in [5.41, 5.74) is 0.476. The number of hydrogen-bond acceptors (Lipinski definition) is 5. The van der Waals surface area contributed by atoms with Gasteiger partial charge < -0.3 is 14.2 Å². The Morgan fingerprint density at radius 3 is 2.28 bits per heavy atom. The van der Waals surface area contributed by atoms with Crippen molar-refractivity contribution in [2.75, 3.05) is 14.2 Å². The van der Waals surface area contributed by atoms with E-state index in [0.717, 1.165) is 0 Å². The Hall–Kier alpha value is -2.09. The van der Waals surface area contributed by atoms with Gasteiger partial charge in [-0.2, -0.15) is 8.42 Å². The van der Waals surface area contributed by atoms with Crippen LogP contribution in [0, 0.1) is 0 Å². The van der Waals surface area contributed by atoms with Gasteiger partial charge in [-0.05, 0) is 24.3 Å². The Morgan fingerprint density at radius 1 is 1.06 bits per heavy atom. The maximum Gasteiger partial charge on any atom is 0.407 e. The Balaban J connectivity index is 2.36. The average Bonchev–Trinajstić information content (AvgIpc) is 2.37. The zero-order valence-electron chi connectivity index (χ0n) is 9.65. The molecular weight excluding hydrogens is 260 g/mol. The minimum absolute atomic E-state index is 0.0931. The highest BCUT2D eigenvalue weighted by Gasteiger charge is 2.23. The second-order valence-corrected chi connectivity index (χ2v) is 4.50. The highest BCUT2D eigenvalue weighted by atomic mass is 32.2. The van der Waals surface area contributed by atoms with E-state index in [4.69, 9.17) is 9.47 Å². The topological polar surface area (TPSA) is 86.6 Å². The minimum atomic E-state index is -3.96. The molecule has 1 aromatic rings. The van der Waals surface area contributed by atoms with Crippen molar-refractivity contribution in [3.63, 3.8) is 0 Å². The van der Waals surface area contributed by atoms with Crippen LogP contribution in [0.15, 0.2) is 33.1 Å². The molecule has 2 rings (SSSR count). The van der Waals surface area contributed by atoms with Gasteiger partial charge in [-0.3, -0.25) is 0 Å². The molecule has 0 N–H and O–H groups in total. The monoisotopic (exact) mass is 270 g/mol. The van der Waals surface area contributed by atoms with Crippen LogP contribution in [0.4, 0.5) is 0 Å². The molecule has 0 spiro atoms. The molecule has 0 unspecified atom stereocenters. The third-order valence-electron chi connectivity index (χ3n) is 2.08. The van der Waals surface area contributed by atoms with Crippen LogP contribution in [0.3, 0.4) is 0 Å². The lowest BCUT2D eigenvalue weighted by Gasteiger charge is -2.12. The molecule has 0 aliphatic carbocycles. The second-order valence-electron chi connectivity index (χ2n) is 3.24. The zero-order chi connectivity index (χ0) is 13.2. The molecule has 96 valence electrons. The summed E-state index contributed by atoms with van der Waals surface area (Å²) in [4.78, 5) is 0. The smallest absolute Gasteiger partial charge is 0.407 e. The summed E-state index contributed by atoms with van der Waals surface area (Å²) in [5.74, 6) is 0.545. The number of ether oxygens (including phenoxy) is 3. The molecule has 7 nitrogen and oxygen atoms in total. The lowest BCUT2D eigenvalue weighted by molar-refractivity contribution is 0.295. The molecule has 1 aromatic carbocycles. The highest BCUT2D eigenvalue weighted by molar-refractivity contribution is 7.89. The maximum absolute atomic E-state index is 11.4. The van der Waals surface area contributed by atoms with E-state index in [0.29, 0.717) is 11.3 Å². The predicted octanol–water partition coefficient (Wildman–Crippen LogP) is 0.719. The average molecular weight is 270 g/mol. The van der Waals surface area contributed by atoms with Gasteiger partial charge in [0.15, 0.2) is 0 Å². The van der Waals surface area contributed by atoms with Crippen LogP contribution < -0.4 is 4.74 Å². The predicted molar refractivity (Wildman–Crippen MR) is 64.0 cm³/mol. The fourth-order valence-electron chi connectivity index (χ4n) is 1.26. The van der Waals surface area contributed by atoms with E-state index >= 15 is 0 Å². The molecule has 18 heavy (non-hydrogen) atoms. The summed E-state index contributed by atoms with van der Waals surface area (Å²) in [6.45, 7) is 0. The van der Waals surface area contributed by atoms with Gasteiger partial charge in [-0.1, -0.05) is 4.40 Å². The Bertz CT molecular complexity index is 604. The van der Waals surface area contributed by atoms with Crippen LogP contribution in [-0.4, -0.2) is 34.6 Å². The van der Waals surface area contributed by atoms with Crippen LogP contribution in [0.25, 0.3) is 0 Å². The van der Waals surface area contributed by atoms with Crippen molar-refractivity contribution in [3.8, 4) is 5.75 Å². The van der Waals surface area contributed by atoms with Crippen molar-refractivity contribution >= 4 is 22.2 Å². The van der Waals surface area contributed by atoms with Crippen LogP contribution in [-0.2, 0) is 19.7 Å². The fourth-order valence-corrected chi connectivity index (χ4v) is 1.96. The number of hydrogen-bond donors (Lipinski definition) is 0. The second kappa shape index (κ2) is 4.65. The molecule has 1 aliphatic heterocycles. The molecule has 0 fully saturated rings. The Labute approximate surface area is 104 Å². The van der Waals surface area contributed by atoms with E-state index in [1.165, 1.54) is 14.2 Å². The quantitative estimate of drug-likeness (QED) is 0.790. The normalized spacial score (nSPS) is 17.2. The molecule has 0 bridgehead atoms. The minimum Gasteiger partial charge on any atom is -0.497 e. The fraction of sp³-hybridized carbons (Fsp3) is 0.200. The zero-order valence-corrected chi connectivity index (χ0v) is 10.5. The van der Waals surface area contributed by atoms with E-state index in [1.54, 1.807) is 24.3 Å². The molecule has 0 atom stereocenters. The molecule has 0 radical (unpaired) electrons. The number of benzene rings is 1. The number of nitrogens with zero attached hydrogens (tertiary/aromatic N) is 2. The summed E-state index contributed by atoms with van der Waals surface area (Å²) < 4.78 is 44.1. The van der Waals surface area contributed by atoms with E-state index in [9.17, 15) is 8.42 Å². The lowest BCUT2D eigenvalue weighted by Crippen LogP contribution is -2.22. The summed E-state index contributed by atoms with van der Waals surface area (Å²) >= 11 is 0.